The van der Waals surface area contributed by atoms with E-state index >= 15 is 0 Å². The average molecular weight is 246 g/mol. The predicted octanol–water partition coefficient (Wildman–Crippen LogP) is 1.90. The molecule has 7 heteroatoms. The summed E-state index contributed by atoms with van der Waals surface area (Å²) in [5.74, 6) is 0.732. The highest BCUT2D eigenvalue weighted by Gasteiger charge is 2.07. The van der Waals surface area contributed by atoms with Gasteiger partial charge in [-0.05, 0) is 19.9 Å². The third kappa shape index (κ3) is 3.03. The van der Waals surface area contributed by atoms with E-state index in [0.717, 1.165) is 0 Å². The van der Waals surface area contributed by atoms with Gasteiger partial charge in [0, 0.05) is 30.7 Å². The first-order valence-corrected chi connectivity index (χ1v) is 5.55. The zero-order valence-electron chi connectivity index (χ0n) is 10.2. The Kier molecular flexibility index (Phi) is 3.52. The van der Waals surface area contributed by atoms with Crippen LogP contribution in [0.3, 0.4) is 0 Å². The molecule has 0 unspecified atom stereocenters. The summed E-state index contributed by atoms with van der Waals surface area (Å²) in [5.41, 5.74) is 0. The van der Waals surface area contributed by atoms with Crippen molar-refractivity contribution in [3.05, 3.63) is 30.7 Å². The first-order valence-electron chi connectivity index (χ1n) is 5.55. The minimum Gasteiger partial charge on any atom is -0.291 e. The van der Waals surface area contributed by atoms with E-state index in [4.69, 9.17) is 0 Å². The number of aromatic nitrogens is 4. The molecule has 0 bridgehead atoms. The number of hydrogen-bond donors (Lipinski definition) is 2. The lowest BCUT2D eigenvalue weighted by atomic mass is 10.4. The highest BCUT2D eigenvalue weighted by molar-refractivity contribution is 5.97. The molecular formula is C11H14N6O. The van der Waals surface area contributed by atoms with Crippen molar-refractivity contribution >= 4 is 17.8 Å². The van der Waals surface area contributed by atoms with Gasteiger partial charge in [-0.2, -0.15) is 5.10 Å². The largest absolute Gasteiger partial charge is 0.327 e. The Labute approximate surface area is 104 Å². The van der Waals surface area contributed by atoms with Gasteiger partial charge in [-0.1, -0.05) is 0 Å². The SMILES string of the molecule is CC(C)n1ccc(NC(=O)Nc2ncccn2)n1. The van der Waals surface area contributed by atoms with Gasteiger partial charge in [0.1, 0.15) is 0 Å². The van der Waals surface area contributed by atoms with Crippen molar-refractivity contribution in [3.8, 4) is 0 Å². The molecule has 2 rings (SSSR count). The molecular weight excluding hydrogens is 232 g/mol. The molecule has 0 aliphatic carbocycles. The number of nitrogens with one attached hydrogen (secondary N) is 2. The molecule has 2 N–H and O–H groups in total. The third-order valence-electron chi connectivity index (χ3n) is 2.17. The Morgan fingerprint density at radius 2 is 2.00 bits per heavy atom. The Morgan fingerprint density at radius 3 is 2.61 bits per heavy atom. The van der Waals surface area contributed by atoms with Crippen LogP contribution in [0.1, 0.15) is 19.9 Å². The van der Waals surface area contributed by atoms with Gasteiger partial charge >= 0.3 is 6.03 Å². The standard InChI is InChI=1S/C11H14N6O/c1-8(2)17-7-4-9(16-17)14-11(18)15-10-12-5-3-6-13-10/h3-8H,1-2H3,(H2,12,13,14,15,16,18). The summed E-state index contributed by atoms with van der Waals surface area (Å²) in [6.07, 6.45) is 4.91. The van der Waals surface area contributed by atoms with E-state index in [-0.39, 0.29) is 12.0 Å². The van der Waals surface area contributed by atoms with Crippen molar-refractivity contribution in [2.45, 2.75) is 19.9 Å². The zero-order valence-corrected chi connectivity index (χ0v) is 10.2. The van der Waals surface area contributed by atoms with Gasteiger partial charge in [-0.15, -0.1) is 0 Å². The second-order valence-corrected chi connectivity index (χ2v) is 3.93. The molecule has 0 saturated heterocycles. The van der Waals surface area contributed by atoms with E-state index in [0.29, 0.717) is 5.82 Å². The van der Waals surface area contributed by atoms with Crippen molar-refractivity contribution < 1.29 is 4.79 Å². The molecule has 2 heterocycles. The van der Waals surface area contributed by atoms with E-state index in [1.807, 2.05) is 13.8 Å². The molecule has 7 nitrogen and oxygen atoms in total. The Balaban J connectivity index is 1.95. The Morgan fingerprint density at radius 1 is 1.28 bits per heavy atom. The molecule has 94 valence electrons. The van der Waals surface area contributed by atoms with Gasteiger partial charge < -0.3 is 0 Å². The van der Waals surface area contributed by atoms with Crippen LogP contribution < -0.4 is 10.6 Å². The topological polar surface area (TPSA) is 84.7 Å². The zero-order chi connectivity index (χ0) is 13.0. The van der Waals surface area contributed by atoms with Crippen LogP contribution in [0, 0.1) is 0 Å². The van der Waals surface area contributed by atoms with Gasteiger partial charge in [0.2, 0.25) is 5.95 Å². The number of nitrogens with zero attached hydrogens (tertiary/aromatic N) is 4. The number of carbonyl (C=O) groups excluding carboxylic acids is 1. The summed E-state index contributed by atoms with van der Waals surface area (Å²) in [6, 6.07) is 3.23. The Hall–Kier alpha value is -2.44. The minimum absolute atomic E-state index is 0.248. The fourth-order valence-corrected chi connectivity index (χ4v) is 1.31. The maximum atomic E-state index is 11.6. The predicted molar refractivity (Wildman–Crippen MR) is 67.3 cm³/mol. The fourth-order valence-electron chi connectivity index (χ4n) is 1.31. The second-order valence-electron chi connectivity index (χ2n) is 3.93. The van der Waals surface area contributed by atoms with Crippen molar-refractivity contribution in [1.82, 2.24) is 19.7 Å². The van der Waals surface area contributed by atoms with Crippen molar-refractivity contribution in [2.75, 3.05) is 10.6 Å². The van der Waals surface area contributed by atoms with E-state index in [2.05, 4.69) is 25.7 Å². The molecule has 0 atom stereocenters. The van der Waals surface area contributed by atoms with Crippen LogP contribution >= 0.6 is 0 Å². The van der Waals surface area contributed by atoms with Crippen LogP contribution in [0.2, 0.25) is 0 Å². The summed E-state index contributed by atoms with van der Waals surface area (Å²) < 4.78 is 1.76. The lowest BCUT2D eigenvalue weighted by Crippen LogP contribution is -2.21. The number of carbonyl (C=O) groups is 1. The molecule has 0 spiro atoms. The van der Waals surface area contributed by atoms with Crippen molar-refractivity contribution in [1.29, 1.82) is 0 Å². The molecule has 0 aliphatic heterocycles. The van der Waals surface area contributed by atoms with Gasteiger partial charge in [0.15, 0.2) is 5.82 Å². The number of hydrogen-bond acceptors (Lipinski definition) is 4. The molecule has 0 saturated carbocycles. The maximum absolute atomic E-state index is 11.6. The number of amides is 2. The first-order chi connectivity index (χ1) is 8.65. The Bertz CT molecular complexity index is 521. The first kappa shape index (κ1) is 12.0. The highest BCUT2D eigenvalue weighted by Crippen LogP contribution is 2.08. The summed E-state index contributed by atoms with van der Waals surface area (Å²) in [7, 11) is 0. The molecule has 18 heavy (non-hydrogen) atoms. The van der Waals surface area contributed by atoms with Gasteiger partial charge in [-0.3, -0.25) is 15.3 Å². The lowest BCUT2D eigenvalue weighted by Gasteiger charge is -2.05. The minimum atomic E-state index is -0.421. The smallest absolute Gasteiger partial charge is 0.291 e. The lowest BCUT2D eigenvalue weighted by molar-refractivity contribution is 0.262. The molecule has 0 aromatic carbocycles. The van der Waals surface area contributed by atoms with Gasteiger partial charge in [0.25, 0.3) is 0 Å². The highest BCUT2D eigenvalue weighted by atomic mass is 16.2. The van der Waals surface area contributed by atoms with Crippen LogP contribution in [0.4, 0.5) is 16.6 Å². The number of rotatable bonds is 3. The molecule has 2 aromatic heterocycles. The molecule has 2 amide bonds. The van der Waals surface area contributed by atoms with Gasteiger partial charge in [0.05, 0.1) is 0 Å². The van der Waals surface area contributed by atoms with E-state index in [1.54, 1.807) is 35.4 Å². The molecule has 0 aliphatic rings. The molecule has 0 fully saturated rings. The summed E-state index contributed by atoms with van der Waals surface area (Å²) >= 11 is 0. The summed E-state index contributed by atoms with van der Waals surface area (Å²) in [4.78, 5) is 19.4. The fraction of sp³-hybridized carbons (Fsp3) is 0.273. The number of anilines is 2. The van der Waals surface area contributed by atoms with E-state index < -0.39 is 6.03 Å². The monoisotopic (exact) mass is 246 g/mol. The van der Waals surface area contributed by atoms with E-state index in [1.165, 1.54) is 0 Å². The third-order valence-corrected chi connectivity index (χ3v) is 2.17. The van der Waals surface area contributed by atoms with Crippen molar-refractivity contribution in [2.24, 2.45) is 0 Å². The average Bonchev–Trinajstić information content (AvgIpc) is 2.78. The van der Waals surface area contributed by atoms with Crippen LogP contribution in [-0.2, 0) is 0 Å². The summed E-state index contributed by atoms with van der Waals surface area (Å²) in [5, 5.41) is 9.31. The second kappa shape index (κ2) is 5.26. The normalized spacial score (nSPS) is 10.4. The van der Waals surface area contributed by atoms with Crippen LogP contribution in [-0.4, -0.2) is 25.8 Å². The quantitative estimate of drug-likeness (QED) is 0.866. The maximum Gasteiger partial charge on any atom is 0.327 e. The van der Waals surface area contributed by atoms with Crippen LogP contribution in [0.15, 0.2) is 30.7 Å². The molecule has 2 aromatic rings. The summed E-state index contributed by atoms with van der Waals surface area (Å²) in [6.45, 7) is 4.02. The van der Waals surface area contributed by atoms with Gasteiger partial charge in [-0.25, -0.2) is 14.8 Å². The van der Waals surface area contributed by atoms with Crippen LogP contribution in [0.5, 0.6) is 0 Å². The van der Waals surface area contributed by atoms with Crippen molar-refractivity contribution in [3.63, 3.8) is 0 Å². The number of urea groups is 1. The molecule has 0 radical (unpaired) electrons. The van der Waals surface area contributed by atoms with E-state index in [9.17, 15) is 4.79 Å². The van der Waals surface area contributed by atoms with Crippen LogP contribution in [0.25, 0.3) is 0 Å².